The Morgan fingerprint density at radius 2 is 2.04 bits per heavy atom. The molecule has 0 fully saturated rings. The van der Waals surface area contributed by atoms with E-state index in [1.54, 1.807) is 30.3 Å². The maximum atomic E-state index is 13.1. The Morgan fingerprint density at radius 3 is 2.80 bits per heavy atom. The maximum Gasteiger partial charge on any atom is 0.236 e. The highest BCUT2D eigenvalue weighted by Gasteiger charge is 2.10. The van der Waals surface area contributed by atoms with Gasteiger partial charge < -0.3 is 9.84 Å². The van der Waals surface area contributed by atoms with Crippen molar-refractivity contribution in [2.45, 2.75) is 5.75 Å². The van der Waals surface area contributed by atoms with E-state index in [-0.39, 0.29) is 11.7 Å². The molecule has 3 aromatic rings. The van der Waals surface area contributed by atoms with E-state index in [0.29, 0.717) is 28.2 Å². The minimum atomic E-state index is -0.397. The van der Waals surface area contributed by atoms with E-state index in [1.165, 1.54) is 30.0 Å². The van der Waals surface area contributed by atoms with Gasteiger partial charge in [-0.2, -0.15) is 4.98 Å². The number of benzene rings is 2. The van der Waals surface area contributed by atoms with Crippen LogP contribution in [0.3, 0.4) is 0 Å². The van der Waals surface area contributed by atoms with Crippen LogP contribution >= 0.6 is 23.4 Å². The quantitative estimate of drug-likeness (QED) is 0.689. The Kier molecular flexibility index (Phi) is 5.67. The van der Waals surface area contributed by atoms with Crippen molar-refractivity contribution in [3.63, 3.8) is 0 Å². The van der Waals surface area contributed by atoms with Gasteiger partial charge in [-0.25, -0.2) is 4.39 Å². The van der Waals surface area contributed by atoms with E-state index >= 15 is 0 Å². The molecule has 1 heterocycles. The van der Waals surface area contributed by atoms with Crippen LogP contribution < -0.4 is 5.32 Å². The van der Waals surface area contributed by atoms with E-state index in [1.807, 2.05) is 0 Å². The Labute approximate surface area is 152 Å². The molecule has 0 spiro atoms. The van der Waals surface area contributed by atoms with Crippen LogP contribution in [0.4, 0.5) is 10.1 Å². The van der Waals surface area contributed by atoms with Gasteiger partial charge in [0, 0.05) is 16.3 Å². The van der Waals surface area contributed by atoms with Gasteiger partial charge in [0.05, 0.1) is 11.5 Å². The first-order valence-corrected chi connectivity index (χ1v) is 8.85. The van der Waals surface area contributed by atoms with Gasteiger partial charge in [0.25, 0.3) is 0 Å². The minimum Gasteiger partial charge on any atom is -0.338 e. The second kappa shape index (κ2) is 8.13. The largest absolute Gasteiger partial charge is 0.338 e. The topological polar surface area (TPSA) is 68.0 Å². The van der Waals surface area contributed by atoms with Gasteiger partial charge in [-0.05, 0) is 42.5 Å². The highest BCUT2D eigenvalue weighted by atomic mass is 35.5. The average Bonchev–Trinajstić information content (AvgIpc) is 3.04. The molecule has 128 valence electrons. The highest BCUT2D eigenvalue weighted by molar-refractivity contribution is 7.99. The first-order chi connectivity index (χ1) is 12.1. The smallest absolute Gasteiger partial charge is 0.236 e. The van der Waals surface area contributed by atoms with E-state index in [4.69, 9.17) is 16.1 Å². The lowest BCUT2D eigenvalue weighted by Crippen LogP contribution is -2.14. The fourth-order valence-electron chi connectivity index (χ4n) is 2.02. The van der Waals surface area contributed by atoms with Crippen molar-refractivity contribution < 1.29 is 13.7 Å². The third-order valence-electron chi connectivity index (χ3n) is 3.14. The minimum absolute atomic E-state index is 0.190. The zero-order valence-electron chi connectivity index (χ0n) is 12.9. The number of hydrogen-bond donors (Lipinski definition) is 1. The predicted octanol–water partition coefficient (Wildman–Crippen LogP) is 4.40. The summed E-state index contributed by atoms with van der Waals surface area (Å²) in [5.41, 5.74) is 1.22. The van der Waals surface area contributed by atoms with Crippen molar-refractivity contribution in [1.29, 1.82) is 0 Å². The molecule has 0 bridgehead atoms. The number of amides is 1. The number of anilines is 1. The number of nitrogens with one attached hydrogen (secondary N) is 1. The van der Waals surface area contributed by atoms with E-state index in [9.17, 15) is 9.18 Å². The summed E-state index contributed by atoms with van der Waals surface area (Å²) >= 11 is 7.17. The molecule has 1 amide bonds. The van der Waals surface area contributed by atoms with Gasteiger partial charge in [0.1, 0.15) is 5.82 Å². The van der Waals surface area contributed by atoms with Crippen LogP contribution in [0, 0.1) is 5.82 Å². The van der Waals surface area contributed by atoms with Gasteiger partial charge in [0.15, 0.2) is 0 Å². The lowest BCUT2D eigenvalue weighted by Gasteiger charge is -2.04. The average molecular weight is 378 g/mol. The zero-order chi connectivity index (χ0) is 17.6. The van der Waals surface area contributed by atoms with E-state index < -0.39 is 5.82 Å². The number of nitrogens with zero attached hydrogens (tertiary/aromatic N) is 2. The molecule has 0 aliphatic carbocycles. The summed E-state index contributed by atoms with van der Waals surface area (Å²) in [7, 11) is 0. The third kappa shape index (κ3) is 5.04. The molecule has 0 atom stereocenters. The third-order valence-corrected chi connectivity index (χ3v) is 4.31. The van der Waals surface area contributed by atoms with Crippen molar-refractivity contribution in [2.75, 3.05) is 11.1 Å². The van der Waals surface area contributed by atoms with Gasteiger partial charge >= 0.3 is 0 Å². The molecule has 0 aliphatic heterocycles. The molecule has 0 saturated carbocycles. The second-order valence-electron chi connectivity index (χ2n) is 5.07. The molecule has 0 saturated heterocycles. The summed E-state index contributed by atoms with van der Waals surface area (Å²) in [6.45, 7) is 0. The van der Waals surface area contributed by atoms with Crippen LogP contribution in [0.25, 0.3) is 11.4 Å². The van der Waals surface area contributed by atoms with Crippen molar-refractivity contribution in [3.8, 4) is 11.4 Å². The number of hydrogen-bond acceptors (Lipinski definition) is 5. The Hall–Kier alpha value is -2.38. The number of aromatic nitrogens is 2. The summed E-state index contributed by atoms with van der Waals surface area (Å²) in [4.78, 5) is 16.1. The van der Waals surface area contributed by atoms with E-state index in [2.05, 4.69) is 15.5 Å². The van der Waals surface area contributed by atoms with Gasteiger partial charge in [-0.1, -0.05) is 22.8 Å². The summed E-state index contributed by atoms with van der Waals surface area (Å²) in [6, 6.07) is 12.8. The molecule has 0 unspecified atom stereocenters. The number of carbonyl (C=O) groups excluding carboxylic acids is 1. The molecular weight excluding hydrogens is 365 g/mol. The van der Waals surface area contributed by atoms with Crippen LogP contribution in [0.1, 0.15) is 5.89 Å². The summed E-state index contributed by atoms with van der Waals surface area (Å²) < 4.78 is 18.2. The molecule has 3 rings (SSSR count). The molecule has 0 radical (unpaired) electrons. The summed E-state index contributed by atoms with van der Waals surface area (Å²) in [5, 5.41) is 7.16. The Morgan fingerprint density at radius 1 is 1.24 bits per heavy atom. The highest BCUT2D eigenvalue weighted by Crippen LogP contribution is 2.20. The number of halogens is 2. The molecule has 2 aromatic carbocycles. The Balaban J connectivity index is 1.49. The van der Waals surface area contributed by atoms with Crippen molar-refractivity contribution in [2.24, 2.45) is 0 Å². The molecular formula is C17H13ClFN3O2S. The maximum absolute atomic E-state index is 13.1. The van der Waals surface area contributed by atoms with Crippen molar-refractivity contribution >= 4 is 35.0 Å². The summed E-state index contributed by atoms with van der Waals surface area (Å²) in [5.74, 6) is 0.857. The van der Waals surface area contributed by atoms with Crippen molar-refractivity contribution in [1.82, 2.24) is 10.1 Å². The van der Waals surface area contributed by atoms with Crippen LogP contribution in [0.5, 0.6) is 0 Å². The van der Waals surface area contributed by atoms with Crippen LogP contribution in [0.2, 0.25) is 5.02 Å². The number of rotatable bonds is 6. The van der Waals surface area contributed by atoms with Crippen LogP contribution in [-0.4, -0.2) is 21.8 Å². The monoisotopic (exact) mass is 377 g/mol. The fraction of sp³-hybridized carbons (Fsp3) is 0.118. The van der Waals surface area contributed by atoms with E-state index in [0.717, 1.165) is 5.56 Å². The lowest BCUT2D eigenvalue weighted by atomic mass is 10.2. The van der Waals surface area contributed by atoms with Crippen LogP contribution in [0.15, 0.2) is 53.1 Å². The fourth-order valence-corrected chi connectivity index (χ4v) is 2.80. The van der Waals surface area contributed by atoms with Gasteiger partial charge in [-0.3, -0.25) is 4.79 Å². The van der Waals surface area contributed by atoms with Crippen molar-refractivity contribution in [3.05, 3.63) is 65.3 Å². The molecule has 1 N–H and O–H groups in total. The van der Waals surface area contributed by atoms with Gasteiger partial charge in [-0.15, -0.1) is 11.8 Å². The standard InChI is InChI=1S/C17H13ClFN3O2S/c18-12-6-4-11(5-7-12)17-21-16(24-22-17)10-25-9-15(23)20-14-3-1-2-13(19)8-14/h1-8H,9-10H2,(H,20,23). The Bertz CT molecular complexity index is 870. The predicted molar refractivity (Wildman–Crippen MR) is 95.9 cm³/mol. The number of carbonyl (C=O) groups is 1. The molecule has 25 heavy (non-hydrogen) atoms. The first-order valence-electron chi connectivity index (χ1n) is 7.32. The second-order valence-corrected chi connectivity index (χ2v) is 6.49. The first kappa shape index (κ1) is 17.4. The van der Waals surface area contributed by atoms with Crippen LogP contribution in [-0.2, 0) is 10.5 Å². The lowest BCUT2D eigenvalue weighted by molar-refractivity contribution is -0.113. The molecule has 5 nitrogen and oxygen atoms in total. The zero-order valence-corrected chi connectivity index (χ0v) is 14.5. The number of thioether (sulfide) groups is 1. The molecule has 1 aromatic heterocycles. The normalized spacial score (nSPS) is 10.6. The molecule has 8 heteroatoms. The summed E-state index contributed by atoms with van der Waals surface area (Å²) in [6.07, 6.45) is 0. The SMILES string of the molecule is O=C(CSCc1nc(-c2ccc(Cl)cc2)no1)Nc1cccc(F)c1. The molecule has 0 aliphatic rings. The van der Waals surface area contributed by atoms with Gasteiger partial charge in [0.2, 0.25) is 17.6 Å².